The molecule has 0 unspecified atom stereocenters. The number of hydrogen-bond acceptors (Lipinski definition) is 6. The van der Waals surface area contributed by atoms with Crippen molar-refractivity contribution in [1.29, 1.82) is 0 Å². The molecule has 1 fully saturated rings. The number of benzene rings is 2. The van der Waals surface area contributed by atoms with Crippen molar-refractivity contribution in [2.75, 3.05) is 30.9 Å². The minimum atomic E-state index is -4.34. The summed E-state index contributed by atoms with van der Waals surface area (Å²) in [5, 5.41) is 7.42. The Morgan fingerprint density at radius 3 is 2.37 bits per heavy atom. The minimum absolute atomic E-state index is 0.0629. The number of halogens is 3. The number of alkyl halides is 3. The number of fused-ring (bicyclic) bond motifs is 1. The summed E-state index contributed by atoms with van der Waals surface area (Å²) < 4.78 is 37.4. The Bertz CT molecular complexity index is 1160. The third-order valence-electron chi connectivity index (χ3n) is 6.09. The molecular formula is C25H28F3N5OS. The molecule has 10 heteroatoms. The molecule has 1 aromatic heterocycles. The maximum absolute atomic E-state index is 12.5. The van der Waals surface area contributed by atoms with Gasteiger partial charge in [-0.1, -0.05) is 12.1 Å². The quantitative estimate of drug-likeness (QED) is 0.403. The van der Waals surface area contributed by atoms with Gasteiger partial charge in [-0.05, 0) is 79.8 Å². The van der Waals surface area contributed by atoms with Crippen LogP contribution in [0.5, 0.6) is 0 Å². The lowest BCUT2D eigenvalue weighted by atomic mass is 9.86. The Kier molecular flexibility index (Phi) is 7.69. The normalized spacial score (nSPS) is 18.3. The van der Waals surface area contributed by atoms with Crippen LogP contribution in [0.2, 0.25) is 0 Å². The minimum Gasteiger partial charge on any atom is -0.362 e. The second-order valence-electron chi connectivity index (χ2n) is 8.93. The van der Waals surface area contributed by atoms with Gasteiger partial charge in [0.05, 0.1) is 5.52 Å². The lowest BCUT2D eigenvalue weighted by Gasteiger charge is -2.29. The molecule has 6 nitrogen and oxygen atoms in total. The van der Waals surface area contributed by atoms with Crippen LogP contribution in [0, 0.1) is 5.92 Å². The summed E-state index contributed by atoms with van der Waals surface area (Å²) in [6, 6.07) is 13.7. The SMILES string of the molecule is CN(C)c1nc(NC2CCC(CNC(=O)c3ccc(SC(F)(F)F)cc3)CC2)nc2ccccc12. The van der Waals surface area contributed by atoms with Gasteiger partial charge in [-0.2, -0.15) is 18.2 Å². The number of carbonyl (C=O) groups is 1. The number of nitrogens with one attached hydrogen (secondary N) is 2. The molecule has 2 N–H and O–H groups in total. The zero-order valence-electron chi connectivity index (χ0n) is 19.6. The molecule has 2 aromatic carbocycles. The van der Waals surface area contributed by atoms with Crippen LogP contribution in [0.3, 0.4) is 0 Å². The molecule has 0 atom stereocenters. The standard InChI is InChI=1S/C25H28F3N5OS/c1-33(2)22-20-5-3-4-6-21(20)31-24(32-22)30-18-11-7-16(8-12-18)15-29-23(34)17-9-13-19(14-10-17)35-25(26,27)28/h3-6,9-10,13-14,16,18H,7-8,11-12,15H2,1-2H3,(H,29,34)(H,30,31,32). The first-order chi connectivity index (χ1) is 16.7. The van der Waals surface area contributed by atoms with Gasteiger partial charge in [-0.25, -0.2) is 4.98 Å². The number of hydrogen-bond donors (Lipinski definition) is 2. The molecular weight excluding hydrogens is 475 g/mol. The third kappa shape index (κ3) is 6.78. The Morgan fingerprint density at radius 2 is 1.71 bits per heavy atom. The van der Waals surface area contributed by atoms with Crippen molar-refractivity contribution >= 4 is 40.3 Å². The molecule has 1 amide bonds. The van der Waals surface area contributed by atoms with Crippen LogP contribution in [-0.4, -0.2) is 48.1 Å². The van der Waals surface area contributed by atoms with E-state index in [4.69, 9.17) is 4.98 Å². The van der Waals surface area contributed by atoms with E-state index in [-0.39, 0.29) is 28.6 Å². The monoisotopic (exact) mass is 503 g/mol. The first-order valence-corrected chi connectivity index (χ1v) is 12.3. The van der Waals surface area contributed by atoms with Gasteiger partial charge in [-0.15, -0.1) is 0 Å². The second-order valence-corrected chi connectivity index (χ2v) is 10.1. The summed E-state index contributed by atoms with van der Waals surface area (Å²) in [4.78, 5) is 23.9. The first-order valence-electron chi connectivity index (χ1n) is 11.5. The molecule has 1 saturated carbocycles. The lowest BCUT2D eigenvalue weighted by molar-refractivity contribution is -0.0328. The summed E-state index contributed by atoms with van der Waals surface area (Å²) in [5.41, 5.74) is -3.08. The molecule has 0 saturated heterocycles. The summed E-state index contributed by atoms with van der Waals surface area (Å²) in [6.07, 6.45) is 3.79. The zero-order valence-corrected chi connectivity index (χ0v) is 20.4. The van der Waals surface area contributed by atoms with Crippen molar-refractivity contribution < 1.29 is 18.0 Å². The Hall–Kier alpha value is -3.01. The predicted octanol–water partition coefficient (Wildman–Crippen LogP) is 5.71. The van der Waals surface area contributed by atoms with Crippen LogP contribution >= 0.6 is 11.8 Å². The summed E-state index contributed by atoms with van der Waals surface area (Å²) in [5.74, 6) is 1.58. The highest BCUT2D eigenvalue weighted by atomic mass is 32.2. The highest BCUT2D eigenvalue weighted by molar-refractivity contribution is 8.00. The van der Waals surface area contributed by atoms with Crippen LogP contribution in [0.1, 0.15) is 36.0 Å². The fourth-order valence-corrected chi connectivity index (χ4v) is 4.85. The zero-order chi connectivity index (χ0) is 25.0. The Morgan fingerprint density at radius 1 is 1.03 bits per heavy atom. The number of thioether (sulfide) groups is 1. The molecule has 4 rings (SSSR count). The topological polar surface area (TPSA) is 70.2 Å². The molecule has 186 valence electrons. The first kappa shape index (κ1) is 25.1. The fraction of sp³-hybridized carbons (Fsp3) is 0.400. The number of rotatable bonds is 7. The van der Waals surface area contributed by atoms with E-state index in [0.29, 0.717) is 24.0 Å². The van der Waals surface area contributed by atoms with Gasteiger partial charge in [0.1, 0.15) is 5.82 Å². The Balaban J connectivity index is 1.27. The average molecular weight is 504 g/mol. The van der Waals surface area contributed by atoms with E-state index in [0.717, 1.165) is 42.4 Å². The Labute approximate surface area is 206 Å². The van der Waals surface area contributed by atoms with E-state index in [1.165, 1.54) is 24.3 Å². The van der Waals surface area contributed by atoms with E-state index in [1.807, 2.05) is 43.3 Å². The molecule has 1 aliphatic carbocycles. The predicted molar refractivity (Wildman–Crippen MR) is 134 cm³/mol. The molecule has 1 aliphatic rings. The van der Waals surface area contributed by atoms with Crippen molar-refractivity contribution in [1.82, 2.24) is 15.3 Å². The molecule has 1 heterocycles. The van der Waals surface area contributed by atoms with Gasteiger partial charge >= 0.3 is 5.51 Å². The lowest BCUT2D eigenvalue weighted by Crippen LogP contribution is -2.34. The van der Waals surface area contributed by atoms with E-state index in [9.17, 15) is 18.0 Å². The molecule has 0 spiro atoms. The van der Waals surface area contributed by atoms with Crippen LogP contribution < -0.4 is 15.5 Å². The van der Waals surface area contributed by atoms with E-state index < -0.39 is 5.51 Å². The second kappa shape index (κ2) is 10.7. The molecule has 0 radical (unpaired) electrons. The van der Waals surface area contributed by atoms with Gasteiger partial charge in [0.25, 0.3) is 5.91 Å². The van der Waals surface area contributed by atoms with Crippen molar-refractivity contribution in [2.45, 2.75) is 42.1 Å². The van der Waals surface area contributed by atoms with Crippen LogP contribution in [0.15, 0.2) is 53.4 Å². The van der Waals surface area contributed by atoms with Crippen LogP contribution in [0.25, 0.3) is 10.9 Å². The largest absolute Gasteiger partial charge is 0.446 e. The molecule has 0 aliphatic heterocycles. The molecule has 3 aromatic rings. The van der Waals surface area contributed by atoms with Crippen molar-refractivity contribution in [3.63, 3.8) is 0 Å². The van der Waals surface area contributed by atoms with Gasteiger partial charge in [0.15, 0.2) is 0 Å². The van der Waals surface area contributed by atoms with Gasteiger partial charge < -0.3 is 15.5 Å². The number of nitrogens with zero attached hydrogens (tertiary/aromatic N) is 3. The maximum Gasteiger partial charge on any atom is 0.446 e. The third-order valence-corrected chi connectivity index (χ3v) is 6.83. The van der Waals surface area contributed by atoms with Gasteiger partial charge in [-0.3, -0.25) is 4.79 Å². The highest BCUT2D eigenvalue weighted by Crippen LogP contribution is 2.36. The van der Waals surface area contributed by atoms with Crippen molar-refractivity contribution in [3.8, 4) is 0 Å². The number of aromatic nitrogens is 2. The van der Waals surface area contributed by atoms with Crippen LogP contribution in [0.4, 0.5) is 24.9 Å². The average Bonchev–Trinajstić information content (AvgIpc) is 2.82. The number of para-hydroxylation sites is 1. The van der Waals surface area contributed by atoms with Gasteiger partial charge in [0, 0.05) is 42.5 Å². The van der Waals surface area contributed by atoms with E-state index >= 15 is 0 Å². The van der Waals surface area contributed by atoms with Crippen molar-refractivity contribution in [2.24, 2.45) is 5.92 Å². The highest BCUT2D eigenvalue weighted by Gasteiger charge is 2.29. The van der Waals surface area contributed by atoms with Crippen molar-refractivity contribution in [3.05, 3.63) is 54.1 Å². The van der Waals surface area contributed by atoms with Gasteiger partial charge in [0.2, 0.25) is 5.95 Å². The summed E-state index contributed by atoms with van der Waals surface area (Å²) in [7, 11) is 3.93. The fourth-order valence-electron chi connectivity index (χ4n) is 4.31. The molecule has 35 heavy (non-hydrogen) atoms. The smallest absolute Gasteiger partial charge is 0.362 e. The molecule has 0 bridgehead atoms. The number of amides is 1. The number of anilines is 2. The number of carbonyl (C=O) groups excluding carboxylic acids is 1. The summed E-state index contributed by atoms with van der Waals surface area (Å²) in [6.45, 7) is 0.544. The van der Waals surface area contributed by atoms with E-state index in [2.05, 4.69) is 15.6 Å². The van der Waals surface area contributed by atoms with E-state index in [1.54, 1.807) is 0 Å². The van der Waals surface area contributed by atoms with Crippen LogP contribution in [-0.2, 0) is 0 Å². The summed E-state index contributed by atoms with van der Waals surface area (Å²) >= 11 is -0.189. The maximum atomic E-state index is 12.5.